The molecule has 3 aromatic carbocycles. The van der Waals surface area contributed by atoms with E-state index in [0.717, 1.165) is 17.7 Å². The maximum atomic E-state index is 13.4. The Hall–Kier alpha value is -3.78. The molecular formula is C27H25N3O4S. The lowest BCUT2D eigenvalue weighted by atomic mass is 10.1. The number of nitrogens with one attached hydrogen (secondary N) is 1. The highest BCUT2D eigenvalue weighted by atomic mass is 32.2. The van der Waals surface area contributed by atoms with Crippen LogP contribution >= 0.6 is 11.8 Å². The number of nitrogens with zero attached hydrogens (tertiary/aromatic N) is 2. The number of para-hydroxylation sites is 1. The number of ether oxygens (including phenoxy) is 2. The van der Waals surface area contributed by atoms with Gasteiger partial charge in [-0.3, -0.25) is 14.2 Å². The molecule has 8 heteroatoms. The molecule has 0 saturated heterocycles. The SMILES string of the molecule is CCc1ccc(-n2c(SC(C)C(=O)NCc3ccc4c(c3)OCO4)nc3ccccc3c2=O)cc1. The van der Waals surface area contributed by atoms with Crippen LogP contribution in [0.4, 0.5) is 0 Å². The van der Waals surface area contributed by atoms with E-state index < -0.39 is 5.25 Å². The monoisotopic (exact) mass is 487 g/mol. The van der Waals surface area contributed by atoms with Crippen LogP contribution in [-0.4, -0.2) is 27.5 Å². The Morgan fingerprint density at radius 2 is 1.80 bits per heavy atom. The minimum atomic E-state index is -0.474. The molecule has 1 aliphatic heterocycles. The second-order valence-electron chi connectivity index (χ2n) is 8.24. The zero-order valence-corrected chi connectivity index (χ0v) is 20.3. The van der Waals surface area contributed by atoms with Crippen LogP contribution in [0.2, 0.25) is 0 Å². The molecule has 0 saturated carbocycles. The van der Waals surface area contributed by atoms with Gasteiger partial charge in [0.2, 0.25) is 12.7 Å². The maximum Gasteiger partial charge on any atom is 0.266 e. The second-order valence-corrected chi connectivity index (χ2v) is 9.55. The molecule has 1 N–H and O–H groups in total. The van der Waals surface area contributed by atoms with Crippen LogP contribution in [0.3, 0.4) is 0 Å². The van der Waals surface area contributed by atoms with Gasteiger partial charge in [0.1, 0.15) is 0 Å². The number of hydrogen-bond donors (Lipinski definition) is 1. The quantitative estimate of drug-likeness (QED) is 0.306. The van der Waals surface area contributed by atoms with Crippen LogP contribution in [0.1, 0.15) is 25.0 Å². The number of rotatable bonds is 7. The Balaban J connectivity index is 1.40. The van der Waals surface area contributed by atoms with Gasteiger partial charge in [-0.15, -0.1) is 0 Å². The van der Waals surface area contributed by atoms with E-state index in [2.05, 4.69) is 12.2 Å². The summed E-state index contributed by atoms with van der Waals surface area (Å²) in [6.45, 7) is 4.46. The van der Waals surface area contributed by atoms with Crippen LogP contribution in [0.5, 0.6) is 11.5 Å². The molecule has 178 valence electrons. The molecule has 4 aromatic rings. The molecule has 35 heavy (non-hydrogen) atoms. The van der Waals surface area contributed by atoms with Gasteiger partial charge in [-0.1, -0.05) is 49.0 Å². The minimum absolute atomic E-state index is 0.150. The van der Waals surface area contributed by atoms with Gasteiger partial charge in [-0.05, 0) is 60.9 Å². The lowest BCUT2D eigenvalue weighted by molar-refractivity contribution is -0.120. The van der Waals surface area contributed by atoms with Crippen molar-refractivity contribution in [2.24, 2.45) is 0 Å². The number of fused-ring (bicyclic) bond motifs is 2. The molecule has 1 amide bonds. The van der Waals surface area contributed by atoms with Crippen LogP contribution < -0.4 is 20.3 Å². The normalized spacial score (nSPS) is 13.1. The van der Waals surface area contributed by atoms with Crippen LogP contribution in [0.15, 0.2) is 76.7 Å². The highest BCUT2D eigenvalue weighted by Gasteiger charge is 2.21. The fourth-order valence-electron chi connectivity index (χ4n) is 3.90. The number of aromatic nitrogens is 2. The number of amides is 1. The Morgan fingerprint density at radius 1 is 1.06 bits per heavy atom. The fourth-order valence-corrected chi connectivity index (χ4v) is 4.85. The van der Waals surface area contributed by atoms with E-state index in [9.17, 15) is 9.59 Å². The Bertz CT molecular complexity index is 1450. The topological polar surface area (TPSA) is 82.5 Å². The molecule has 1 aromatic heterocycles. The van der Waals surface area contributed by atoms with E-state index >= 15 is 0 Å². The lowest BCUT2D eigenvalue weighted by Crippen LogP contribution is -2.31. The molecule has 1 atom stereocenters. The Labute approximate surface area is 207 Å². The summed E-state index contributed by atoms with van der Waals surface area (Å²) in [6, 6.07) is 20.7. The molecule has 1 aliphatic rings. The predicted molar refractivity (Wildman–Crippen MR) is 136 cm³/mol. The van der Waals surface area contributed by atoms with Crippen molar-refractivity contribution >= 4 is 28.6 Å². The molecule has 5 rings (SSSR count). The highest BCUT2D eigenvalue weighted by molar-refractivity contribution is 8.00. The third-order valence-corrected chi connectivity index (χ3v) is 6.96. The zero-order valence-electron chi connectivity index (χ0n) is 19.5. The maximum absolute atomic E-state index is 13.4. The van der Waals surface area contributed by atoms with Gasteiger partial charge in [0.25, 0.3) is 5.56 Å². The van der Waals surface area contributed by atoms with Gasteiger partial charge >= 0.3 is 0 Å². The summed E-state index contributed by atoms with van der Waals surface area (Å²) in [7, 11) is 0. The molecule has 1 unspecified atom stereocenters. The number of thioether (sulfide) groups is 1. The van der Waals surface area contributed by atoms with Crippen LogP contribution in [0.25, 0.3) is 16.6 Å². The smallest absolute Gasteiger partial charge is 0.266 e. The number of hydrogen-bond acceptors (Lipinski definition) is 6. The van der Waals surface area contributed by atoms with E-state index in [1.54, 1.807) is 10.6 Å². The third-order valence-electron chi connectivity index (χ3n) is 5.90. The predicted octanol–water partition coefficient (Wildman–Crippen LogP) is 4.47. The molecule has 0 spiro atoms. The van der Waals surface area contributed by atoms with E-state index in [0.29, 0.717) is 34.1 Å². The summed E-state index contributed by atoms with van der Waals surface area (Å²) in [5.74, 6) is 1.23. The second kappa shape index (κ2) is 9.84. The van der Waals surface area contributed by atoms with E-state index in [1.165, 1.54) is 17.3 Å². The van der Waals surface area contributed by atoms with Gasteiger partial charge < -0.3 is 14.8 Å². The van der Waals surface area contributed by atoms with Crippen molar-refractivity contribution in [2.75, 3.05) is 6.79 Å². The van der Waals surface area contributed by atoms with Gasteiger partial charge in [-0.2, -0.15) is 0 Å². The molecule has 0 fully saturated rings. The van der Waals surface area contributed by atoms with Crippen molar-refractivity contribution in [3.05, 3.63) is 88.2 Å². The van der Waals surface area contributed by atoms with Gasteiger partial charge in [-0.25, -0.2) is 4.98 Å². The number of carbonyl (C=O) groups excluding carboxylic acids is 1. The molecule has 0 bridgehead atoms. The first-order chi connectivity index (χ1) is 17.0. The van der Waals surface area contributed by atoms with Gasteiger partial charge in [0.15, 0.2) is 16.7 Å². The fraction of sp³-hybridized carbons (Fsp3) is 0.222. The summed E-state index contributed by atoms with van der Waals surface area (Å²) in [4.78, 5) is 31.1. The zero-order chi connectivity index (χ0) is 24.4. The minimum Gasteiger partial charge on any atom is -0.454 e. The van der Waals surface area contributed by atoms with Crippen molar-refractivity contribution < 1.29 is 14.3 Å². The first-order valence-electron chi connectivity index (χ1n) is 11.5. The van der Waals surface area contributed by atoms with Crippen molar-refractivity contribution in [2.45, 2.75) is 37.2 Å². The molecular weight excluding hydrogens is 462 g/mol. The van der Waals surface area contributed by atoms with Crippen molar-refractivity contribution in [1.82, 2.24) is 14.9 Å². The van der Waals surface area contributed by atoms with Crippen LogP contribution in [0, 0.1) is 0 Å². The largest absolute Gasteiger partial charge is 0.454 e. The molecule has 0 radical (unpaired) electrons. The average molecular weight is 488 g/mol. The Kier molecular flexibility index (Phi) is 6.46. The lowest BCUT2D eigenvalue weighted by Gasteiger charge is -2.17. The van der Waals surface area contributed by atoms with Crippen molar-refractivity contribution in [3.63, 3.8) is 0 Å². The molecule has 2 heterocycles. The summed E-state index contributed by atoms with van der Waals surface area (Å²) < 4.78 is 12.3. The van der Waals surface area contributed by atoms with Gasteiger partial charge in [0.05, 0.1) is 21.8 Å². The summed E-state index contributed by atoms with van der Waals surface area (Å²) in [5.41, 5.74) is 3.27. The first kappa shape index (κ1) is 23.0. The molecule has 7 nitrogen and oxygen atoms in total. The first-order valence-corrected chi connectivity index (χ1v) is 12.4. The Morgan fingerprint density at radius 3 is 2.60 bits per heavy atom. The third kappa shape index (κ3) is 4.74. The summed E-state index contributed by atoms with van der Waals surface area (Å²) in [5, 5.41) is 3.50. The van der Waals surface area contributed by atoms with Gasteiger partial charge in [0, 0.05) is 6.54 Å². The highest BCUT2D eigenvalue weighted by Crippen LogP contribution is 2.32. The van der Waals surface area contributed by atoms with E-state index in [-0.39, 0.29) is 18.3 Å². The standard InChI is InChI=1S/C27H25N3O4S/c1-3-18-8-11-20(12-9-18)30-26(32)21-6-4-5-7-22(21)29-27(30)35-17(2)25(31)28-15-19-10-13-23-24(14-19)34-16-33-23/h4-14,17H,3,15-16H2,1-2H3,(H,28,31). The van der Waals surface area contributed by atoms with E-state index in [1.807, 2.05) is 67.6 Å². The number of carbonyl (C=O) groups is 1. The van der Waals surface area contributed by atoms with Crippen molar-refractivity contribution in [1.29, 1.82) is 0 Å². The number of aryl methyl sites for hydroxylation is 1. The molecule has 0 aliphatic carbocycles. The van der Waals surface area contributed by atoms with E-state index in [4.69, 9.17) is 14.5 Å². The van der Waals surface area contributed by atoms with Crippen molar-refractivity contribution in [3.8, 4) is 17.2 Å². The summed E-state index contributed by atoms with van der Waals surface area (Å²) in [6.07, 6.45) is 0.910. The summed E-state index contributed by atoms with van der Waals surface area (Å²) >= 11 is 1.26. The average Bonchev–Trinajstić information content (AvgIpc) is 3.35. The van der Waals surface area contributed by atoms with Crippen LogP contribution in [-0.2, 0) is 17.8 Å². The number of benzene rings is 3.